The predicted molar refractivity (Wildman–Crippen MR) is 72.0 cm³/mol. The van der Waals surface area contributed by atoms with Gasteiger partial charge in [0.05, 0.1) is 12.3 Å². The van der Waals surface area contributed by atoms with Crippen LogP contribution in [0.25, 0.3) is 0 Å². The van der Waals surface area contributed by atoms with Gasteiger partial charge in [-0.1, -0.05) is 12.8 Å². The maximum atomic E-state index is 11.8. The highest BCUT2D eigenvalue weighted by Gasteiger charge is 2.27. The lowest BCUT2D eigenvalue weighted by Gasteiger charge is -2.26. The molecule has 0 spiro atoms. The lowest BCUT2D eigenvalue weighted by molar-refractivity contribution is 0.0965. The fourth-order valence-electron chi connectivity index (χ4n) is 3.06. The zero-order chi connectivity index (χ0) is 13.4. The topological polar surface area (TPSA) is 65.5 Å². The molecule has 1 saturated carbocycles. The molecule has 0 bridgehead atoms. The van der Waals surface area contributed by atoms with Crippen molar-refractivity contribution in [1.29, 1.82) is 0 Å². The number of pyridine rings is 1. The first-order valence-corrected chi connectivity index (χ1v) is 6.85. The second-order valence-electron chi connectivity index (χ2n) is 5.34. The van der Waals surface area contributed by atoms with E-state index in [9.17, 15) is 9.90 Å². The van der Waals surface area contributed by atoms with Crippen LogP contribution in [0.5, 0.6) is 0 Å². The van der Waals surface area contributed by atoms with Crippen molar-refractivity contribution in [3.8, 4) is 0 Å². The number of aliphatic hydroxyl groups excluding tert-OH is 1. The molecular formula is C14H19N3O2. The molecular weight excluding hydrogens is 242 g/mol. The number of nitrogens with one attached hydrogen (secondary N) is 1. The fourth-order valence-corrected chi connectivity index (χ4v) is 3.06. The molecule has 1 aliphatic carbocycles. The molecule has 0 unspecified atom stereocenters. The highest BCUT2D eigenvalue weighted by molar-refractivity contribution is 5.99. The van der Waals surface area contributed by atoms with Crippen molar-refractivity contribution < 1.29 is 9.90 Å². The quantitative estimate of drug-likeness (QED) is 0.858. The summed E-state index contributed by atoms with van der Waals surface area (Å²) in [5.41, 5.74) is 2.13. The van der Waals surface area contributed by atoms with E-state index in [4.69, 9.17) is 0 Å². The van der Waals surface area contributed by atoms with Gasteiger partial charge in [0.25, 0.3) is 5.91 Å². The third-order valence-electron chi connectivity index (χ3n) is 4.25. The summed E-state index contributed by atoms with van der Waals surface area (Å²) in [6, 6.07) is 2.36. The molecule has 2 heterocycles. The van der Waals surface area contributed by atoms with E-state index in [1.54, 1.807) is 0 Å². The van der Waals surface area contributed by atoms with Crippen molar-refractivity contribution in [3.05, 3.63) is 22.9 Å². The molecule has 0 radical (unpaired) electrons. The molecule has 2 N–H and O–H groups in total. The molecule has 1 amide bonds. The number of nitrogens with zero attached hydrogens (tertiary/aromatic N) is 2. The third kappa shape index (κ3) is 2.08. The van der Waals surface area contributed by atoms with Crippen LogP contribution in [0.2, 0.25) is 0 Å². The smallest absolute Gasteiger partial charge is 0.252 e. The molecule has 0 aromatic carbocycles. The molecule has 1 aromatic heterocycles. The lowest BCUT2D eigenvalue weighted by atomic mass is 10.1. The summed E-state index contributed by atoms with van der Waals surface area (Å²) in [7, 11) is 2.03. The number of hydrogen-bond acceptors (Lipinski definition) is 4. The van der Waals surface area contributed by atoms with Gasteiger partial charge in [0.2, 0.25) is 0 Å². The maximum absolute atomic E-state index is 11.8. The SMILES string of the molecule is CN(c1cc2c(c(CO)n1)CNC2=O)C1CCCC1. The van der Waals surface area contributed by atoms with Crippen LogP contribution in [0.4, 0.5) is 5.82 Å². The largest absolute Gasteiger partial charge is 0.390 e. The second kappa shape index (κ2) is 4.81. The zero-order valence-electron chi connectivity index (χ0n) is 11.1. The summed E-state index contributed by atoms with van der Waals surface area (Å²) in [6.07, 6.45) is 4.87. The summed E-state index contributed by atoms with van der Waals surface area (Å²) in [5.74, 6) is 0.736. The Morgan fingerprint density at radius 2 is 2.21 bits per heavy atom. The number of aliphatic hydroxyl groups is 1. The summed E-state index contributed by atoms with van der Waals surface area (Å²) in [5, 5.41) is 12.2. The zero-order valence-corrected chi connectivity index (χ0v) is 11.1. The van der Waals surface area contributed by atoms with Gasteiger partial charge < -0.3 is 15.3 Å². The molecule has 5 heteroatoms. The molecule has 0 saturated heterocycles. The van der Waals surface area contributed by atoms with Crippen LogP contribution in [0.3, 0.4) is 0 Å². The van der Waals surface area contributed by atoms with Crippen molar-refractivity contribution in [1.82, 2.24) is 10.3 Å². The van der Waals surface area contributed by atoms with E-state index in [0.29, 0.717) is 23.8 Å². The Bertz CT molecular complexity index is 510. The van der Waals surface area contributed by atoms with Crippen molar-refractivity contribution >= 4 is 11.7 Å². The van der Waals surface area contributed by atoms with Crippen molar-refractivity contribution in [2.75, 3.05) is 11.9 Å². The number of carbonyl (C=O) groups excluding carboxylic acids is 1. The minimum Gasteiger partial charge on any atom is -0.390 e. The molecule has 1 fully saturated rings. The third-order valence-corrected chi connectivity index (χ3v) is 4.25. The number of carbonyl (C=O) groups is 1. The van der Waals surface area contributed by atoms with Crippen LogP contribution in [0.15, 0.2) is 6.07 Å². The Morgan fingerprint density at radius 3 is 2.89 bits per heavy atom. The van der Waals surface area contributed by atoms with Crippen LogP contribution in [0, 0.1) is 0 Å². The number of rotatable bonds is 3. The van der Waals surface area contributed by atoms with Gasteiger partial charge in [0.1, 0.15) is 5.82 Å². The Balaban J connectivity index is 1.98. The molecule has 1 aliphatic heterocycles. The van der Waals surface area contributed by atoms with Gasteiger partial charge in [-0.3, -0.25) is 4.79 Å². The van der Waals surface area contributed by atoms with Crippen LogP contribution < -0.4 is 10.2 Å². The van der Waals surface area contributed by atoms with Gasteiger partial charge in [0.15, 0.2) is 0 Å². The Morgan fingerprint density at radius 1 is 1.47 bits per heavy atom. The number of amides is 1. The van der Waals surface area contributed by atoms with E-state index in [2.05, 4.69) is 15.2 Å². The Hall–Kier alpha value is -1.62. The molecule has 19 heavy (non-hydrogen) atoms. The van der Waals surface area contributed by atoms with Gasteiger partial charge in [-0.15, -0.1) is 0 Å². The maximum Gasteiger partial charge on any atom is 0.252 e. The van der Waals surface area contributed by atoms with Crippen molar-refractivity contribution in [2.24, 2.45) is 0 Å². The number of fused-ring (bicyclic) bond motifs is 1. The molecule has 102 valence electrons. The van der Waals surface area contributed by atoms with E-state index < -0.39 is 0 Å². The average Bonchev–Trinajstić information content (AvgIpc) is 3.07. The minimum atomic E-state index is -0.121. The highest BCUT2D eigenvalue weighted by Crippen LogP contribution is 2.29. The number of aromatic nitrogens is 1. The van der Waals surface area contributed by atoms with Crippen molar-refractivity contribution in [3.63, 3.8) is 0 Å². The monoisotopic (exact) mass is 261 g/mol. The van der Waals surface area contributed by atoms with E-state index in [1.807, 2.05) is 13.1 Å². The first kappa shape index (κ1) is 12.4. The first-order valence-electron chi connectivity index (χ1n) is 6.85. The lowest BCUT2D eigenvalue weighted by Crippen LogP contribution is -2.30. The van der Waals surface area contributed by atoms with Gasteiger partial charge in [-0.2, -0.15) is 0 Å². The van der Waals surface area contributed by atoms with Gasteiger partial charge in [-0.05, 0) is 18.9 Å². The first-order chi connectivity index (χ1) is 9.20. The molecule has 3 rings (SSSR count). The predicted octanol–water partition coefficient (Wildman–Crippen LogP) is 1.20. The van der Waals surface area contributed by atoms with Crippen LogP contribution in [-0.4, -0.2) is 29.1 Å². The fraction of sp³-hybridized carbons (Fsp3) is 0.571. The molecule has 2 aliphatic rings. The highest BCUT2D eigenvalue weighted by atomic mass is 16.3. The van der Waals surface area contributed by atoms with E-state index in [-0.39, 0.29) is 12.5 Å². The summed E-state index contributed by atoms with van der Waals surface area (Å²) in [6.45, 7) is 0.355. The average molecular weight is 261 g/mol. The summed E-state index contributed by atoms with van der Waals surface area (Å²) >= 11 is 0. The Kier molecular flexibility index (Phi) is 3.14. The van der Waals surface area contributed by atoms with Gasteiger partial charge in [-0.25, -0.2) is 4.98 Å². The summed E-state index contributed by atoms with van der Waals surface area (Å²) in [4.78, 5) is 18.5. The molecule has 0 atom stereocenters. The van der Waals surface area contributed by atoms with Gasteiger partial charge >= 0.3 is 0 Å². The number of anilines is 1. The Labute approximate surface area is 112 Å². The van der Waals surface area contributed by atoms with Gasteiger partial charge in [0, 0.05) is 30.8 Å². The van der Waals surface area contributed by atoms with Crippen LogP contribution in [0.1, 0.15) is 47.3 Å². The van der Waals surface area contributed by atoms with Crippen LogP contribution in [-0.2, 0) is 13.2 Å². The number of hydrogen-bond donors (Lipinski definition) is 2. The second-order valence-corrected chi connectivity index (χ2v) is 5.34. The van der Waals surface area contributed by atoms with E-state index in [0.717, 1.165) is 11.4 Å². The summed E-state index contributed by atoms with van der Waals surface area (Å²) < 4.78 is 0. The van der Waals surface area contributed by atoms with E-state index >= 15 is 0 Å². The minimum absolute atomic E-state index is 0.0619. The standard InChI is InChI=1S/C14H19N3O2/c1-17(9-4-2-3-5-9)13-6-10-11(7-15-14(10)19)12(8-18)16-13/h6,9,18H,2-5,7-8H2,1H3,(H,15,19). The molecule has 1 aromatic rings. The van der Waals surface area contributed by atoms with E-state index in [1.165, 1.54) is 25.7 Å². The molecule has 5 nitrogen and oxygen atoms in total. The normalized spacial score (nSPS) is 18.5. The van der Waals surface area contributed by atoms with Crippen LogP contribution >= 0.6 is 0 Å². The van der Waals surface area contributed by atoms with Crippen molar-refractivity contribution in [2.45, 2.75) is 44.9 Å².